The van der Waals surface area contributed by atoms with Crippen molar-refractivity contribution in [3.63, 3.8) is 0 Å². The van der Waals surface area contributed by atoms with Gasteiger partial charge in [0.1, 0.15) is 0 Å². The summed E-state index contributed by atoms with van der Waals surface area (Å²) >= 11 is 0. The molecule has 0 atom stereocenters. The molecule has 0 aliphatic carbocycles. The summed E-state index contributed by atoms with van der Waals surface area (Å²) in [6.07, 6.45) is 17.1. The first-order valence-corrected chi connectivity index (χ1v) is 6.03. The SMILES string of the molecule is C/C=C/CCCCCCCCCC. The van der Waals surface area contributed by atoms with E-state index in [1.54, 1.807) is 0 Å². The molecule has 0 aliphatic heterocycles. The Bertz CT molecular complexity index is 103. The molecule has 0 saturated heterocycles. The van der Waals surface area contributed by atoms with Crippen molar-refractivity contribution in [1.29, 1.82) is 0 Å². The summed E-state index contributed by atoms with van der Waals surface area (Å²) in [6, 6.07) is 0. The highest BCUT2D eigenvalue weighted by Gasteiger charge is 1.89. The van der Waals surface area contributed by atoms with E-state index in [9.17, 15) is 0 Å². The van der Waals surface area contributed by atoms with Crippen molar-refractivity contribution in [2.24, 2.45) is 0 Å². The Kier molecular flexibility index (Phi) is 11.5. The van der Waals surface area contributed by atoms with Crippen LogP contribution < -0.4 is 0 Å². The van der Waals surface area contributed by atoms with E-state index < -0.39 is 0 Å². The zero-order valence-electron chi connectivity index (χ0n) is 9.52. The molecule has 0 radical (unpaired) electrons. The lowest BCUT2D eigenvalue weighted by atomic mass is 10.1. The lowest BCUT2D eigenvalue weighted by Gasteiger charge is -1.99. The smallest absolute Gasteiger partial charge is 0.0351 e. The second kappa shape index (κ2) is 11.7. The van der Waals surface area contributed by atoms with Crippen molar-refractivity contribution >= 4 is 0 Å². The molecule has 13 heavy (non-hydrogen) atoms. The van der Waals surface area contributed by atoms with E-state index in [2.05, 4.69) is 26.0 Å². The average molecular weight is 182 g/mol. The predicted octanol–water partition coefficient (Wildman–Crippen LogP) is 5.09. The van der Waals surface area contributed by atoms with Crippen molar-refractivity contribution in [1.82, 2.24) is 0 Å². The van der Waals surface area contributed by atoms with Gasteiger partial charge in [-0.1, -0.05) is 64.0 Å². The van der Waals surface area contributed by atoms with Crippen LogP contribution in [0.4, 0.5) is 0 Å². The Morgan fingerprint density at radius 2 is 1.31 bits per heavy atom. The van der Waals surface area contributed by atoms with E-state index in [1.807, 2.05) is 0 Å². The summed E-state index contributed by atoms with van der Waals surface area (Å²) in [4.78, 5) is 0. The van der Waals surface area contributed by atoms with Crippen LogP contribution >= 0.6 is 0 Å². The fourth-order valence-corrected chi connectivity index (χ4v) is 1.56. The molecule has 0 fully saturated rings. The van der Waals surface area contributed by atoms with Crippen molar-refractivity contribution in [2.45, 2.75) is 71.6 Å². The maximum absolute atomic E-state index is 2.27. The lowest BCUT2D eigenvalue weighted by molar-refractivity contribution is 0.577. The largest absolute Gasteiger partial charge is 0.0917 e. The van der Waals surface area contributed by atoms with Crippen molar-refractivity contribution in [3.05, 3.63) is 12.2 Å². The van der Waals surface area contributed by atoms with Crippen LogP contribution in [-0.4, -0.2) is 0 Å². The van der Waals surface area contributed by atoms with E-state index in [1.165, 1.54) is 57.8 Å². The molecule has 0 rings (SSSR count). The highest BCUT2D eigenvalue weighted by atomic mass is 14.0. The summed E-state index contributed by atoms with van der Waals surface area (Å²) in [5, 5.41) is 0. The number of hydrogen-bond acceptors (Lipinski definition) is 0. The van der Waals surface area contributed by atoms with Crippen LogP contribution in [0.2, 0.25) is 0 Å². The van der Waals surface area contributed by atoms with Gasteiger partial charge >= 0.3 is 0 Å². The first-order valence-electron chi connectivity index (χ1n) is 6.03. The van der Waals surface area contributed by atoms with Crippen LogP contribution in [0.25, 0.3) is 0 Å². The Balaban J connectivity index is 2.83. The second-order valence-electron chi connectivity index (χ2n) is 3.83. The first kappa shape index (κ1) is 12.7. The van der Waals surface area contributed by atoms with E-state index in [-0.39, 0.29) is 0 Å². The molecule has 0 aromatic heterocycles. The fourth-order valence-electron chi connectivity index (χ4n) is 1.56. The highest BCUT2D eigenvalue weighted by Crippen LogP contribution is 2.09. The Morgan fingerprint density at radius 3 is 1.85 bits per heavy atom. The molecule has 0 spiro atoms. The molecular formula is C13H26. The predicted molar refractivity (Wildman–Crippen MR) is 62.0 cm³/mol. The van der Waals surface area contributed by atoms with Gasteiger partial charge in [0.25, 0.3) is 0 Å². The Labute approximate surface area is 84.4 Å². The summed E-state index contributed by atoms with van der Waals surface area (Å²) in [5.41, 5.74) is 0. The van der Waals surface area contributed by atoms with Crippen LogP contribution in [0.3, 0.4) is 0 Å². The zero-order chi connectivity index (χ0) is 9.78. The quantitative estimate of drug-likeness (QED) is 0.344. The van der Waals surface area contributed by atoms with Gasteiger partial charge in [0.2, 0.25) is 0 Å². The van der Waals surface area contributed by atoms with Gasteiger partial charge in [0.15, 0.2) is 0 Å². The molecule has 0 unspecified atom stereocenters. The number of unbranched alkanes of at least 4 members (excludes halogenated alkanes) is 8. The van der Waals surface area contributed by atoms with Crippen LogP contribution in [-0.2, 0) is 0 Å². The maximum atomic E-state index is 2.27. The third kappa shape index (κ3) is 11.7. The lowest BCUT2D eigenvalue weighted by Crippen LogP contribution is -1.79. The van der Waals surface area contributed by atoms with E-state index in [4.69, 9.17) is 0 Å². The van der Waals surface area contributed by atoms with Gasteiger partial charge in [-0.05, 0) is 19.8 Å². The number of hydrogen-bond donors (Lipinski definition) is 0. The van der Waals surface area contributed by atoms with Gasteiger partial charge < -0.3 is 0 Å². The van der Waals surface area contributed by atoms with Crippen molar-refractivity contribution in [3.8, 4) is 0 Å². The molecule has 78 valence electrons. The minimum absolute atomic E-state index is 1.28. The highest BCUT2D eigenvalue weighted by molar-refractivity contribution is 4.76. The van der Waals surface area contributed by atoms with E-state index in [0.29, 0.717) is 0 Å². The fraction of sp³-hybridized carbons (Fsp3) is 0.846. The van der Waals surface area contributed by atoms with Gasteiger partial charge in [0.05, 0.1) is 0 Å². The molecule has 0 amide bonds. The van der Waals surface area contributed by atoms with Gasteiger partial charge in [-0.15, -0.1) is 0 Å². The van der Waals surface area contributed by atoms with Crippen LogP contribution in [0.5, 0.6) is 0 Å². The van der Waals surface area contributed by atoms with Gasteiger partial charge in [0, 0.05) is 0 Å². The third-order valence-electron chi connectivity index (χ3n) is 2.46. The summed E-state index contributed by atoms with van der Waals surface area (Å²) in [5.74, 6) is 0. The molecule has 0 aliphatic rings. The van der Waals surface area contributed by atoms with Gasteiger partial charge in [-0.25, -0.2) is 0 Å². The zero-order valence-corrected chi connectivity index (χ0v) is 9.52. The molecule has 0 aromatic carbocycles. The summed E-state index contributed by atoms with van der Waals surface area (Å²) in [7, 11) is 0. The van der Waals surface area contributed by atoms with Crippen LogP contribution in [0.15, 0.2) is 12.2 Å². The third-order valence-corrected chi connectivity index (χ3v) is 2.46. The van der Waals surface area contributed by atoms with E-state index in [0.717, 1.165) is 0 Å². The average Bonchev–Trinajstić information content (AvgIpc) is 2.16. The Hall–Kier alpha value is -0.260. The maximum Gasteiger partial charge on any atom is -0.0351 e. The molecular weight excluding hydrogens is 156 g/mol. The van der Waals surface area contributed by atoms with Gasteiger partial charge in [-0.2, -0.15) is 0 Å². The summed E-state index contributed by atoms with van der Waals surface area (Å²) in [6.45, 7) is 4.38. The monoisotopic (exact) mass is 182 g/mol. The molecule has 0 bridgehead atoms. The standard InChI is InChI=1S/C13H26/c1-3-5-7-9-11-13-12-10-8-6-4-2/h3,5H,4,6-13H2,1-2H3/b5-3+. The molecule has 0 heteroatoms. The molecule has 0 N–H and O–H groups in total. The minimum atomic E-state index is 1.28. The summed E-state index contributed by atoms with van der Waals surface area (Å²) < 4.78 is 0. The van der Waals surface area contributed by atoms with Crippen LogP contribution in [0.1, 0.15) is 71.6 Å². The Morgan fingerprint density at radius 1 is 0.769 bits per heavy atom. The molecule has 0 saturated carbocycles. The normalized spacial score (nSPS) is 11.2. The van der Waals surface area contributed by atoms with Gasteiger partial charge in [-0.3, -0.25) is 0 Å². The molecule has 0 aromatic rings. The van der Waals surface area contributed by atoms with Crippen molar-refractivity contribution < 1.29 is 0 Å². The van der Waals surface area contributed by atoms with Crippen molar-refractivity contribution in [2.75, 3.05) is 0 Å². The van der Waals surface area contributed by atoms with Crippen LogP contribution in [0, 0.1) is 0 Å². The molecule has 0 heterocycles. The first-order chi connectivity index (χ1) is 6.41. The number of allylic oxidation sites excluding steroid dienone is 2. The van der Waals surface area contributed by atoms with E-state index >= 15 is 0 Å². The topological polar surface area (TPSA) is 0 Å². The minimum Gasteiger partial charge on any atom is -0.0917 e. The number of rotatable bonds is 9. The second-order valence-corrected chi connectivity index (χ2v) is 3.83. The molecule has 0 nitrogen and oxygen atoms in total.